The highest BCUT2D eigenvalue weighted by molar-refractivity contribution is 7.11. The van der Waals surface area contributed by atoms with Gasteiger partial charge in [0.2, 0.25) is 0 Å². The van der Waals surface area contributed by atoms with Crippen LogP contribution < -0.4 is 9.64 Å². The van der Waals surface area contributed by atoms with Crippen LogP contribution in [0.5, 0.6) is 5.75 Å². The summed E-state index contributed by atoms with van der Waals surface area (Å²) in [5.74, 6) is 0.167. The number of hydrogen-bond acceptors (Lipinski definition) is 6. The lowest BCUT2D eigenvalue weighted by molar-refractivity contribution is 0.0197. The number of likely N-dealkylation sites (N-methyl/N-ethyl adjacent to an activating group) is 1. The highest BCUT2D eigenvalue weighted by Gasteiger charge is 2.36. The maximum Gasteiger partial charge on any atom is 0.410 e. The van der Waals surface area contributed by atoms with E-state index < -0.39 is 11.4 Å². The molecule has 0 radical (unpaired) electrons. The lowest BCUT2D eigenvalue weighted by Crippen LogP contribution is -2.60. The van der Waals surface area contributed by atoms with Crippen LogP contribution in [0, 0.1) is 5.82 Å². The first-order chi connectivity index (χ1) is 17.1. The van der Waals surface area contributed by atoms with E-state index in [9.17, 15) is 4.79 Å². The number of fused-ring (bicyclic) bond motifs is 2. The summed E-state index contributed by atoms with van der Waals surface area (Å²) in [5, 5.41) is 3.62. The van der Waals surface area contributed by atoms with Crippen molar-refractivity contribution in [1.82, 2.24) is 9.27 Å². The molecule has 0 spiro atoms. The number of nitrogens with zero attached hydrogens (tertiary/aromatic N) is 3. The first kappa shape index (κ1) is 24.6. The third kappa shape index (κ3) is 4.33. The van der Waals surface area contributed by atoms with Crippen LogP contribution in [0.3, 0.4) is 0 Å². The van der Waals surface area contributed by atoms with E-state index in [0.29, 0.717) is 40.4 Å². The quantitative estimate of drug-likeness (QED) is 0.287. The number of aromatic nitrogens is 1. The normalized spacial score (nSPS) is 14.2. The van der Waals surface area contributed by atoms with Crippen LogP contribution in [0.4, 0.5) is 14.2 Å². The lowest BCUT2D eigenvalue weighted by Gasteiger charge is -2.44. The van der Waals surface area contributed by atoms with Gasteiger partial charge in [-0.2, -0.15) is 4.37 Å². The topological polar surface area (TPSA) is 54.9 Å². The lowest BCUT2D eigenvalue weighted by atomic mass is 9.96. The zero-order chi connectivity index (χ0) is 25.8. The van der Waals surface area contributed by atoms with Gasteiger partial charge in [0.15, 0.2) is 5.82 Å². The average Bonchev–Trinajstić information content (AvgIpc) is 3.20. The fraction of sp³-hybridized carbons (Fsp3) is 0.333. The third-order valence-electron chi connectivity index (χ3n) is 6.37. The summed E-state index contributed by atoms with van der Waals surface area (Å²) in [6, 6.07) is 13.3. The predicted octanol–water partition coefficient (Wildman–Crippen LogP) is 6.97. The number of carbonyl (C=O) groups excluding carboxylic acids is 1. The number of anilines is 1. The van der Waals surface area contributed by atoms with E-state index in [1.165, 1.54) is 11.5 Å². The Balaban J connectivity index is 1.47. The molecule has 36 heavy (non-hydrogen) atoms. The van der Waals surface area contributed by atoms with Crippen LogP contribution in [0.1, 0.15) is 20.8 Å². The van der Waals surface area contributed by atoms with Crippen LogP contribution in [-0.2, 0) is 4.74 Å². The molecular formula is C27H27ClFN3O3S. The van der Waals surface area contributed by atoms with Crippen LogP contribution in [0.25, 0.3) is 32.8 Å². The van der Waals surface area contributed by atoms with Crippen molar-refractivity contribution >= 4 is 55.9 Å². The van der Waals surface area contributed by atoms with Crippen molar-refractivity contribution in [2.45, 2.75) is 32.4 Å². The molecule has 1 saturated heterocycles. The van der Waals surface area contributed by atoms with Crippen LogP contribution >= 0.6 is 23.1 Å². The number of hydrogen-bond donors (Lipinski definition) is 0. The van der Waals surface area contributed by atoms with E-state index in [0.717, 1.165) is 15.8 Å². The van der Waals surface area contributed by atoms with E-state index >= 15 is 4.39 Å². The Hall–Kier alpha value is -3.10. The van der Waals surface area contributed by atoms with Crippen LogP contribution in [0.2, 0.25) is 5.02 Å². The molecule has 1 aromatic heterocycles. The molecule has 1 fully saturated rings. The second-order valence-corrected chi connectivity index (χ2v) is 11.1. The molecule has 0 saturated carbocycles. The standard InChI is InChI=1S/C27H27ClFN3O3S/c1-27(2,3)35-26(33)31(4)16-13-32(14-16)25-20-12-21(28)22(23(29)24(20)30-36-25)19-11-17(34-5)10-15-8-6-7-9-18(15)19/h6-12,16H,13-14H2,1-5H3. The van der Waals surface area contributed by atoms with Gasteiger partial charge in [-0.15, -0.1) is 0 Å². The second kappa shape index (κ2) is 9.09. The van der Waals surface area contributed by atoms with Gasteiger partial charge in [-0.1, -0.05) is 35.9 Å². The molecule has 1 aliphatic rings. The van der Waals surface area contributed by atoms with E-state index in [1.54, 1.807) is 31.2 Å². The SMILES string of the molecule is COc1cc(-c2c(Cl)cc3c(N4CC(N(C)C(=O)OC(C)(C)C)C4)snc3c2F)c2ccccc2c1. The van der Waals surface area contributed by atoms with Crippen LogP contribution in [-0.4, -0.2) is 54.3 Å². The summed E-state index contributed by atoms with van der Waals surface area (Å²) >= 11 is 7.96. The molecule has 188 valence electrons. The number of halogens is 2. The van der Waals surface area contributed by atoms with Crippen molar-refractivity contribution in [3.63, 3.8) is 0 Å². The van der Waals surface area contributed by atoms with Gasteiger partial charge < -0.3 is 19.3 Å². The summed E-state index contributed by atoms with van der Waals surface area (Å²) in [5.41, 5.74) is 0.697. The molecule has 1 amide bonds. The number of rotatable bonds is 4. The maximum atomic E-state index is 16.0. The Bertz CT molecular complexity index is 1480. The van der Waals surface area contributed by atoms with E-state index in [1.807, 2.05) is 51.1 Å². The molecule has 4 aromatic rings. The minimum Gasteiger partial charge on any atom is -0.497 e. The monoisotopic (exact) mass is 527 g/mol. The number of carbonyl (C=O) groups is 1. The zero-order valence-electron chi connectivity index (χ0n) is 20.8. The minimum absolute atomic E-state index is 0.000241. The Labute approximate surface area is 218 Å². The molecule has 1 aliphatic heterocycles. The van der Waals surface area contributed by atoms with Gasteiger partial charge in [0, 0.05) is 31.1 Å². The summed E-state index contributed by atoms with van der Waals surface area (Å²) in [7, 11) is 3.32. The van der Waals surface area contributed by atoms with Gasteiger partial charge in [0.1, 0.15) is 21.9 Å². The molecule has 0 bridgehead atoms. The van der Waals surface area contributed by atoms with Crippen molar-refractivity contribution in [2.24, 2.45) is 0 Å². The number of benzene rings is 3. The Morgan fingerprint density at radius 3 is 2.61 bits per heavy atom. The van der Waals surface area contributed by atoms with Gasteiger partial charge in [-0.3, -0.25) is 0 Å². The maximum absolute atomic E-state index is 16.0. The number of methoxy groups -OCH3 is 1. The van der Waals surface area contributed by atoms with Crippen LogP contribution in [0.15, 0.2) is 42.5 Å². The first-order valence-corrected chi connectivity index (χ1v) is 12.8. The molecule has 0 atom stereocenters. The largest absolute Gasteiger partial charge is 0.497 e. The van der Waals surface area contributed by atoms with E-state index in [-0.39, 0.29) is 17.7 Å². The minimum atomic E-state index is -0.553. The number of ether oxygens (including phenoxy) is 2. The molecule has 3 aromatic carbocycles. The average molecular weight is 528 g/mol. The Morgan fingerprint density at radius 2 is 1.92 bits per heavy atom. The van der Waals surface area contributed by atoms with Crippen molar-refractivity contribution in [2.75, 3.05) is 32.1 Å². The molecule has 6 nitrogen and oxygen atoms in total. The molecular weight excluding hydrogens is 501 g/mol. The molecule has 0 N–H and O–H groups in total. The van der Waals surface area contributed by atoms with Crippen molar-refractivity contribution in [1.29, 1.82) is 0 Å². The fourth-order valence-electron chi connectivity index (χ4n) is 4.43. The van der Waals surface area contributed by atoms with Gasteiger partial charge in [-0.05, 0) is 66.8 Å². The smallest absolute Gasteiger partial charge is 0.410 e. The van der Waals surface area contributed by atoms with Gasteiger partial charge in [0.25, 0.3) is 0 Å². The third-order valence-corrected chi connectivity index (χ3v) is 7.59. The summed E-state index contributed by atoms with van der Waals surface area (Å²) in [6.45, 7) is 6.74. The Kier molecular flexibility index (Phi) is 6.21. The zero-order valence-corrected chi connectivity index (χ0v) is 22.3. The first-order valence-electron chi connectivity index (χ1n) is 11.6. The Morgan fingerprint density at radius 1 is 1.19 bits per heavy atom. The highest BCUT2D eigenvalue weighted by Crippen LogP contribution is 2.44. The summed E-state index contributed by atoms with van der Waals surface area (Å²) < 4.78 is 31.4. The van der Waals surface area contributed by atoms with E-state index in [2.05, 4.69) is 9.27 Å². The molecule has 0 aliphatic carbocycles. The van der Waals surface area contributed by atoms with Gasteiger partial charge >= 0.3 is 6.09 Å². The fourth-order valence-corrected chi connectivity index (χ4v) is 5.60. The number of amides is 1. The van der Waals surface area contributed by atoms with Gasteiger partial charge in [-0.25, -0.2) is 9.18 Å². The second-order valence-electron chi connectivity index (χ2n) is 9.98. The van der Waals surface area contributed by atoms with Crippen molar-refractivity contribution in [3.05, 3.63) is 53.3 Å². The molecule has 0 unspecified atom stereocenters. The predicted molar refractivity (Wildman–Crippen MR) is 144 cm³/mol. The molecule has 9 heteroatoms. The molecule has 2 heterocycles. The van der Waals surface area contributed by atoms with Gasteiger partial charge in [0.05, 0.1) is 18.2 Å². The summed E-state index contributed by atoms with van der Waals surface area (Å²) in [4.78, 5) is 16.1. The summed E-state index contributed by atoms with van der Waals surface area (Å²) in [6.07, 6.45) is -0.356. The van der Waals surface area contributed by atoms with Crippen molar-refractivity contribution < 1.29 is 18.7 Å². The van der Waals surface area contributed by atoms with Crippen molar-refractivity contribution in [3.8, 4) is 16.9 Å². The molecule has 5 rings (SSSR count). The van der Waals surface area contributed by atoms with E-state index in [4.69, 9.17) is 21.1 Å². The highest BCUT2D eigenvalue weighted by atomic mass is 35.5.